The minimum Gasteiger partial charge on any atom is -0.462 e. The Hall–Kier alpha value is -3.70. The van der Waals surface area contributed by atoms with Gasteiger partial charge in [0.2, 0.25) is 5.91 Å². The van der Waals surface area contributed by atoms with Crippen LogP contribution in [0.1, 0.15) is 39.0 Å². The molecule has 0 bridgehead atoms. The van der Waals surface area contributed by atoms with Crippen molar-refractivity contribution in [1.29, 1.82) is 0 Å². The first-order chi connectivity index (χ1) is 17.7. The van der Waals surface area contributed by atoms with Crippen LogP contribution in [0.4, 0.5) is 10.7 Å². The predicted molar refractivity (Wildman–Crippen MR) is 148 cm³/mol. The first-order valence-electron chi connectivity index (χ1n) is 11.6. The summed E-state index contributed by atoms with van der Waals surface area (Å²) < 4.78 is 6.85. The number of nitrogens with zero attached hydrogens (tertiary/aromatic N) is 4. The number of anilines is 2. The first-order valence-corrected chi connectivity index (χ1v) is 13.4. The Labute approximate surface area is 223 Å². The van der Waals surface area contributed by atoms with Crippen molar-refractivity contribution in [1.82, 2.24) is 9.78 Å². The Morgan fingerprint density at radius 2 is 1.92 bits per heavy atom. The van der Waals surface area contributed by atoms with Crippen molar-refractivity contribution in [3.05, 3.63) is 69.5 Å². The molecule has 192 valence electrons. The van der Waals surface area contributed by atoms with Gasteiger partial charge in [0.25, 0.3) is 5.91 Å². The molecule has 0 spiro atoms. The fourth-order valence-electron chi connectivity index (χ4n) is 3.76. The molecule has 1 aliphatic rings. The van der Waals surface area contributed by atoms with E-state index in [-0.39, 0.29) is 29.9 Å². The molecule has 0 aliphatic carbocycles. The number of benzene rings is 1. The van der Waals surface area contributed by atoms with Crippen LogP contribution in [-0.4, -0.2) is 45.1 Å². The summed E-state index contributed by atoms with van der Waals surface area (Å²) >= 11 is 2.48. The van der Waals surface area contributed by atoms with Gasteiger partial charge in [-0.25, -0.2) is 9.79 Å². The van der Waals surface area contributed by atoms with E-state index >= 15 is 0 Å². The lowest BCUT2D eigenvalue weighted by Gasteiger charge is -2.17. The Balaban J connectivity index is 1.56. The fraction of sp³-hybridized carbons (Fsp3) is 0.269. The molecule has 2 aromatic heterocycles. The summed E-state index contributed by atoms with van der Waals surface area (Å²) in [5.41, 5.74) is 3.65. The summed E-state index contributed by atoms with van der Waals surface area (Å²) in [4.78, 5) is 45.7. The number of ether oxygens (including phenoxy) is 1. The highest BCUT2D eigenvalue weighted by molar-refractivity contribution is 8.14. The van der Waals surface area contributed by atoms with Gasteiger partial charge in [0.15, 0.2) is 5.17 Å². The topological polar surface area (TPSA) is 106 Å². The molecule has 11 heteroatoms. The molecular formula is C26H27N5O4S2. The fourth-order valence-corrected chi connectivity index (χ4v) is 5.64. The molecule has 0 radical (unpaired) electrons. The highest BCUT2D eigenvalue weighted by atomic mass is 32.2. The number of carbonyl (C=O) groups is 3. The van der Waals surface area contributed by atoms with Crippen molar-refractivity contribution in [2.45, 2.75) is 27.7 Å². The molecule has 3 aromatic rings. The molecule has 2 amide bonds. The van der Waals surface area contributed by atoms with Crippen LogP contribution in [-0.2, 0) is 21.4 Å². The zero-order valence-electron chi connectivity index (χ0n) is 21.2. The number of amidine groups is 1. The van der Waals surface area contributed by atoms with Gasteiger partial charge in [-0.1, -0.05) is 30.0 Å². The van der Waals surface area contributed by atoms with Crippen LogP contribution in [0.5, 0.6) is 0 Å². The number of hydrogen-bond acceptors (Lipinski definition) is 8. The Kier molecular flexibility index (Phi) is 7.94. The van der Waals surface area contributed by atoms with Crippen LogP contribution in [0.15, 0.2) is 47.2 Å². The summed E-state index contributed by atoms with van der Waals surface area (Å²) in [6, 6.07) is 9.17. The molecular weight excluding hydrogens is 510 g/mol. The largest absolute Gasteiger partial charge is 0.462 e. The van der Waals surface area contributed by atoms with Gasteiger partial charge in [-0.2, -0.15) is 5.10 Å². The Morgan fingerprint density at radius 3 is 2.57 bits per heavy atom. The number of rotatable bonds is 7. The smallest absolute Gasteiger partial charge is 0.341 e. The number of aromatic nitrogens is 2. The maximum Gasteiger partial charge on any atom is 0.341 e. The average Bonchev–Trinajstić information content (AvgIpc) is 3.45. The van der Waals surface area contributed by atoms with Crippen molar-refractivity contribution in [3.8, 4) is 0 Å². The first kappa shape index (κ1) is 26.4. The van der Waals surface area contributed by atoms with E-state index in [1.165, 1.54) is 16.2 Å². The van der Waals surface area contributed by atoms with Gasteiger partial charge in [0.05, 0.1) is 29.3 Å². The van der Waals surface area contributed by atoms with Crippen LogP contribution in [0.25, 0.3) is 6.08 Å². The summed E-state index contributed by atoms with van der Waals surface area (Å²) in [6.07, 6.45) is 3.53. The van der Waals surface area contributed by atoms with Gasteiger partial charge in [0, 0.05) is 23.7 Å². The third-order valence-corrected chi connectivity index (χ3v) is 7.70. The summed E-state index contributed by atoms with van der Waals surface area (Å²) in [7, 11) is 1.81. The number of para-hydroxylation sites is 1. The number of hydrogen-bond donors (Lipinski definition) is 1. The minimum absolute atomic E-state index is 0.00704. The van der Waals surface area contributed by atoms with Crippen LogP contribution >= 0.6 is 23.1 Å². The zero-order valence-corrected chi connectivity index (χ0v) is 22.8. The van der Waals surface area contributed by atoms with Crippen molar-refractivity contribution >= 4 is 62.8 Å². The molecule has 0 saturated heterocycles. The second-order valence-electron chi connectivity index (χ2n) is 8.29. The molecule has 4 rings (SSSR count). The van der Waals surface area contributed by atoms with Gasteiger partial charge >= 0.3 is 5.97 Å². The highest BCUT2D eigenvalue weighted by Gasteiger charge is 2.33. The maximum atomic E-state index is 13.3. The lowest BCUT2D eigenvalue weighted by Crippen LogP contribution is -2.31. The van der Waals surface area contributed by atoms with E-state index in [1.807, 2.05) is 64.3 Å². The van der Waals surface area contributed by atoms with Crippen molar-refractivity contribution in [2.24, 2.45) is 12.0 Å². The second-order valence-corrected chi connectivity index (χ2v) is 10.5. The lowest BCUT2D eigenvalue weighted by atomic mass is 10.1. The third kappa shape index (κ3) is 5.67. The molecule has 1 N–H and O–H groups in total. The molecule has 0 fully saturated rings. The predicted octanol–water partition coefficient (Wildman–Crippen LogP) is 4.70. The lowest BCUT2D eigenvalue weighted by molar-refractivity contribution is -0.114. The summed E-state index contributed by atoms with van der Waals surface area (Å²) in [5, 5.41) is 8.00. The molecule has 1 aromatic carbocycles. The summed E-state index contributed by atoms with van der Waals surface area (Å²) in [5.74, 6) is -1.08. The van der Waals surface area contributed by atoms with Gasteiger partial charge in [-0.15, -0.1) is 11.3 Å². The van der Waals surface area contributed by atoms with E-state index < -0.39 is 5.97 Å². The summed E-state index contributed by atoms with van der Waals surface area (Å²) in [6.45, 7) is 7.57. The molecule has 9 nitrogen and oxygen atoms in total. The average molecular weight is 538 g/mol. The standard InChI is InChI=1S/C26H27N5O4S2/c1-6-35-25(34)22-15(2)17(4)37-23(22)28-21(32)14-36-26-27-20(12-18-13-30(5)29-16(18)3)24(33)31(26)19-10-8-7-9-11-19/h7-13H,6,14H2,1-5H3,(H,28,32). The number of carbonyl (C=O) groups excluding carboxylic acids is 3. The highest BCUT2D eigenvalue weighted by Crippen LogP contribution is 2.34. The van der Waals surface area contributed by atoms with E-state index in [0.29, 0.717) is 21.4 Å². The number of aliphatic imine (C=N–C) groups is 1. The second kappa shape index (κ2) is 11.1. The molecule has 0 saturated carbocycles. The van der Waals surface area contributed by atoms with Crippen molar-refractivity contribution in [3.63, 3.8) is 0 Å². The number of thioether (sulfide) groups is 1. The maximum absolute atomic E-state index is 13.3. The number of esters is 1. The van der Waals surface area contributed by atoms with Gasteiger partial charge in [-0.05, 0) is 51.5 Å². The van der Waals surface area contributed by atoms with Gasteiger partial charge in [0.1, 0.15) is 10.7 Å². The molecule has 0 atom stereocenters. The quantitative estimate of drug-likeness (QED) is 0.346. The molecule has 1 aliphatic heterocycles. The Bertz CT molecular complexity index is 1420. The van der Waals surface area contributed by atoms with Crippen LogP contribution < -0.4 is 10.2 Å². The van der Waals surface area contributed by atoms with E-state index in [1.54, 1.807) is 17.7 Å². The van der Waals surface area contributed by atoms with E-state index in [2.05, 4.69) is 15.4 Å². The molecule has 0 unspecified atom stereocenters. The van der Waals surface area contributed by atoms with Crippen LogP contribution in [0, 0.1) is 20.8 Å². The van der Waals surface area contributed by atoms with Crippen molar-refractivity contribution in [2.75, 3.05) is 22.6 Å². The molecule has 37 heavy (non-hydrogen) atoms. The SMILES string of the molecule is CCOC(=O)c1c(NC(=O)CSC2=NC(=Cc3cn(C)nc3C)C(=O)N2c2ccccc2)sc(C)c1C. The number of amides is 2. The van der Waals surface area contributed by atoms with Crippen LogP contribution in [0.2, 0.25) is 0 Å². The normalized spacial score (nSPS) is 14.3. The van der Waals surface area contributed by atoms with Crippen LogP contribution in [0.3, 0.4) is 0 Å². The number of aryl methyl sites for hydroxylation is 3. The van der Waals surface area contributed by atoms with Crippen molar-refractivity contribution < 1.29 is 19.1 Å². The molecule has 3 heterocycles. The number of nitrogens with one attached hydrogen (secondary N) is 1. The van der Waals surface area contributed by atoms with E-state index in [4.69, 9.17) is 4.74 Å². The van der Waals surface area contributed by atoms with Gasteiger partial charge in [-0.3, -0.25) is 19.2 Å². The monoisotopic (exact) mass is 537 g/mol. The van der Waals surface area contributed by atoms with E-state index in [9.17, 15) is 14.4 Å². The Morgan fingerprint density at radius 1 is 1.19 bits per heavy atom. The number of thiophene rings is 1. The third-order valence-electron chi connectivity index (χ3n) is 5.64. The zero-order chi connectivity index (χ0) is 26.7. The van der Waals surface area contributed by atoms with E-state index in [0.717, 1.165) is 33.5 Å². The minimum atomic E-state index is -0.464. The van der Waals surface area contributed by atoms with Gasteiger partial charge < -0.3 is 10.1 Å².